The zero-order valence-corrected chi connectivity index (χ0v) is 22.8. The number of aryl methyl sites for hydroxylation is 1. The summed E-state index contributed by atoms with van der Waals surface area (Å²) in [5, 5.41) is 3.04. The molecule has 3 fully saturated rings. The average molecular weight is 541 g/mol. The average Bonchev–Trinajstić information content (AvgIpc) is 3.74. The molecule has 208 valence electrons. The summed E-state index contributed by atoms with van der Waals surface area (Å²) in [6, 6.07) is 26.6. The van der Waals surface area contributed by atoms with E-state index in [9.17, 15) is 9.59 Å². The first-order chi connectivity index (χ1) is 19.5. The minimum Gasteiger partial charge on any atom is -0.461 e. The fourth-order valence-corrected chi connectivity index (χ4v) is 6.22. The molecule has 3 saturated heterocycles. The number of carbonyl (C=O) groups is 2. The molecule has 1 N–H and O–H groups in total. The van der Waals surface area contributed by atoms with Crippen molar-refractivity contribution >= 4 is 17.7 Å². The summed E-state index contributed by atoms with van der Waals surface area (Å²) in [4.78, 5) is 27.6. The second-order valence-corrected chi connectivity index (χ2v) is 11.1. The summed E-state index contributed by atoms with van der Waals surface area (Å²) in [6.07, 6.45) is 4.47. The Kier molecular flexibility index (Phi) is 7.84. The van der Waals surface area contributed by atoms with Gasteiger partial charge >= 0.3 is 12.1 Å². The molecule has 3 aliphatic heterocycles. The highest BCUT2D eigenvalue weighted by atomic mass is 16.6. The standard InChI is InChI=1S/C33H36N2O5/c1-35-28-19-25(20-29(35)32-31(28)40-32)39-33(37)34-27-18-22(16-17-26(27)24-13-6-3-7-14-24)10-8-9-15-30(36)38-21-23-11-4-2-5-12-23/h2-7,11-14,16-18,25,28-29,31-32H,8-10,15,19-21H2,1H3,(H,34,37)/t25-,28-,29+,31-,32+. The molecule has 2 bridgehead atoms. The van der Waals surface area contributed by atoms with Gasteiger partial charge in [-0.05, 0) is 49.1 Å². The van der Waals surface area contributed by atoms with Gasteiger partial charge in [0, 0.05) is 36.9 Å². The Balaban J connectivity index is 1.04. The molecule has 3 heterocycles. The zero-order valence-electron chi connectivity index (χ0n) is 22.8. The highest BCUT2D eigenvalue weighted by Crippen LogP contribution is 2.48. The van der Waals surface area contributed by atoms with Gasteiger partial charge in [-0.25, -0.2) is 4.79 Å². The molecule has 5 atom stereocenters. The van der Waals surface area contributed by atoms with E-state index in [1.807, 2.05) is 66.7 Å². The van der Waals surface area contributed by atoms with Gasteiger partial charge in [-0.1, -0.05) is 72.8 Å². The molecule has 1 amide bonds. The van der Waals surface area contributed by atoms with E-state index in [4.69, 9.17) is 14.2 Å². The lowest BCUT2D eigenvalue weighted by Crippen LogP contribution is -2.48. The summed E-state index contributed by atoms with van der Waals surface area (Å²) in [5.74, 6) is -0.181. The van der Waals surface area contributed by atoms with E-state index in [0.29, 0.717) is 37.3 Å². The van der Waals surface area contributed by atoms with E-state index in [0.717, 1.165) is 60.0 Å². The molecular formula is C33H36N2O5. The number of epoxide rings is 1. The van der Waals surface area contributed by atoms with Crippen molar-refractivity contribution in [2.75, 3.05) is 12.4 Å². The first kappa shape index (κ1) is 26.5. The minimum absolute atomic E-state index is 0.104. The number of hydrogen-bond acceptors (Lipinski definition) is 6. The third-order valence-electron chi connectivity index (χ3n) is 8.39. The number of ether oxygens (including phenoxy) is 3. The molecule has 0 saturated carbocycles. The van der Waals surface area contributed by atoms with Crippen LogP contribution in [0, 0.1) is 0 Å². The van der Waals surface area contributed by atoms with Gasteiger partial charge in [0.15, 0.2) is 0 Å². The molecule has 0 radical (unpaired) electrons. The SMILES string of the molecule is CN1[C@@H]2C[C@@H](OC(=O)Nc3cc(CCCCC(=O)OCc4ccccc4)ccc3-c3ccccc3)C[C@H]1[C@@H]1O[C@@H]12. The Morgan fingerprint density at radius 2 is 1.60 bits per heavy atom. The monoisotopic (exact) mass is 540 g/mol. The van der Waals surface area contributed by atoms with E-state index in [1.54, 1.807) is 0 Å². The number of unbranched alkanes of at least 4 members (excludes halogenated alkanes) is 1. The van der Waals surface area contributed by atoms with Crippen molar-refractivity contribution in [1.29, 1.82) is 0 Å². The van der Waals surface area contributed by atoms with Gasteiger partial charge in [-0.15, -0.1) is 0 Å². The van der Waals surface area contributed by atoms with Crippen LogP contribution in [0.3, 0.4) is 0 Å². The number of piperidine rings is 1. The maximum atomic E-state index is 13.1. The van der Waals surface area contributed by atoms with Crippen molar-refractivity contribution in [3.05, 3.63) is 90.0 Å². The second-order valence-electron chi connectivity index (χ2n) is 11.1. The van der Waals surface area contributed by atoms with Crippen LogP contribution in [-0.4, -0.2) is 54.4 Å². The van der Waals surface area contributed by atoms with E-state index in [1.165, 1.54) is 0 Å². The quantitative estimate of drug-likeness (QED) is 0.194. The largest absolute Gasteiger partial charge is 0.461 e. The fraction of sp³-hybridized carbons (Fsp3) is 0.394. The number of hydrogen-bond donors (Lipinski definition) is 1. The Morgan fingerprint density at radius 3 is 2.33 bits per heavy atom. The molecule has 0 aliphatic carbocycles. The van der Waals surface area contributed by atoms with Gasteiger partial charge in [0.05, 0.1) is 5.69 Å². The first-order valence-electron chi connectivity index (χ1n) is 14.3. The molecule has 3 aromatic rings. The number of likely N-dealkylation sites (N-methyl/N-ethyl adjacent to an activating group) is 1. The number of fused-ring (bicyclic) bond motifs is 5. The van der Waals surface area contributed by atoms with E-state index in [-0.39, 0.29) is 12.1 Å². The number of carbonyl (C=O) groups excluding carboxylic acids is 2. The number of rotatable bonds is 10. The van der Waals surface area contributed by atoms with Crippen LogP contribution in [0.5, 0.6) is 0 Å². The lowest BCUT2D eigenvalue weighted by molar-refractivity contribution is -0.145. The lowest BCUT2D eigenvalue weighted by atomic mass is 9.99. The van der Waals surface area contributed by atoms with Crippen LogP contribution in [0.15, 0.2) is 78.9 Å². The smallest absolute Gasteiger partial charge is 0.411 e. The maximum absolute atomic E-state index is 13.1. The van der Waals surface area contributed by atoms with Crippen molar-refractivity contribution < 1.29 is 23.8 Å². The van der Waals surface area contributed by atoms with Gasteiger partial charge < -0.3 is 14.2 Å². The van der Waals surface area contributed by atoms with Gasteiger partial charge in [-0.3, -0.25) is 15.0 Å². The molecule has 40 heavy (non-hydrogen) atoms. The minimum atomic E-state index is -0.418. The molecule has 0 unspecified atom stereocenters. The number of morpholine rings is 1. The molecule has 3 aliphatic rings. The van der Waals surface area contributed by atoms with E-state index in [2.05, 4.69) is 29.4 Å². The first-order valence-corrected chi connectivity index (χ1v) is 14.3. The van der Waals surface area contributed by atoms with Crippen LogP contribution in [0.25, 0.3) is 11.1 Å². The number of benzene rings is 3. The molecule has 3 aromatic carbocycles. The summed E-state index contributed by atoms with van der Waals surface area (Å²) in [5.41, 5.74) is 4.80. The van der Waals surface area contributed by atoms with Gasteiger partial charge in [0.25, 0.3) is 0 Å². The van der Waals surface area contributed by atoms with Crippen LogP contribution >= 0.6 is 0 Å². The molecule has 6 rings (SSSR count). The topological polar surface area (TPSA) is 80.4 Å². The summed E-state index contributed by atoms with van der Waals surface area (Å²) in [7, 11) is 2.15. The molecule has 7 heteroatoms. The highest BCUT2D eigenvalue weighted by Gasteiger charge is 2.62. The Labute approximate surface area is 235 Å². The summed E-state index contributed by atoms with van der Waals surface area (Å²) in [6.45, 7) is 0.305. The van der Waals surface area contributed by atoms with E-state index < -0.39 is 6.09 Å². The van der Waals surface area contributed by atoms with Crippen LogP contribution < -0.4 is 5.32 Å². The van der Waals surface area contributed by atoms with Crippen molar-refractivity contribution in [2.45, 2.75) is 75.5 Å². The number of esters is 1. The number of amides is 1. The maximum Gasteiger partial charge on any atom is 0.411 e. The summed E-state index contributed by atoms with van der Waals surface area (Å²) >= 11 is 0. The van der Waals surface area contributed by atoms with Crippen LogP contribution in [0.1, 0.15) is 43.2 Å². The van der Waals surface area contributed by atoms with Gasteiger partial charge in [0.2, 0.25) is 0 Å². The van der Waals surface area contributed by atoms with Crippen molar-refractivity contribution in [2.24, 2.45) is 0 Å². The number of anilines is 1. The third-order valence-corrected chi connectivity index (χ3v) is 8.39. The van der Waals surface area contributed by atoms with E-state index >= 15 is 0 Å². The lowest BCUT2D eigenvalue weighted by Gasteiger charge is -2.37. The van der Waals surface area contributed by atoms with Crippen LogP contribution in [0.2, 0.25) is 0 Å². The zero-order chi connectivity index (χ0) is 27.5. The molecule has 0 aromatic heterocycles. The third kappa shape index (κ3) is 6.06. The van der Waals surface area contributed by atoms with Crippen LogP contribution in [0.4, 0.5) is 10.5 Å². The van der Waals surface area contributed by atoms with Crippen molar-refractivity contribution in [3.8, 4) is 11.1 Å². The fourth-order valence-electron chi connectivity index (χ4n) is 6.22. The normalized spacial score (nSPS) is 24.7. The van der Waals surface area contributed by atoms with Crippen molar-refractivity contribution in [3.63, 3.8) is 0 Å². The summed E-state index contributed by atoms with van der Waals surface area (Å²) < 4.78 is 17.1. The Bertz CT molecular complexity index is 1310. The highest BCUT2D eigenvalue weighted by molar-refractivity contribution is 5.91. The molecular weight excluding hydrogens is 504 g/mol. The predicted octanol–water partition coefficient (Wildman–Crippen LogP) is 5.97. The van der Waals surface area contributed by atoms with Crippen LogP contribution in [-0.2, 0) is 32.0 Å². The number of nitrogens with zero attached hydrogens (tertiary/aromatic N) is 1. The number of nitrogens with one attached hydrogen (secondary N) is 1. The van der Waals surface area contributed by atoms with Gasteiger partial charge in [-0.2, -0.15) is 0 Å². The van der Waals surface area contributed by atoms with Crippen molar-refractivity contribution in [1.82, 2.24) is 4.90 Å². The second kappa shape index (κ2) is 11.8. The Morgan fingerprint density at radius 1 is 0.900 bits per heavy atom. The molecule has 7 nitrogen and oxygen atoms in total. The van der Waals surface area contributed by atoms with Gasteiger partial charge in [0.1, 0.15) is 24.9 Å². The Hall–Kier alpha value is -3.68. The molecule has 0 spiro atoms. The predicted molar refractivity (Wildman–Crippen MR) is 153 cm³/mol.